The van der Waals surface area contributed by atoms with E-state index in [1.54, 1.807) is 0 Å². The summed E-state index contributed by atoms with van der Waals surface area (Å²) >= 11 is 0. The lowest BCUT2D eigenvalue weighted by Gasteiger charge is -2.40. The molecule has 1 fully saturated rings. The van der Waals surface area contributed by atoms with Crippen LogP contribution in [0.3, 0.4) is 0 Å². The van der Waals surface area contributed by atoms with Crippen molar-refractivity contribution >= 4 is 23.9 Å². The van der Waals surface area contributed by atoms with Crippen LogP contribution in [0.2, 0.25) is 0 Å². The SMILES string of the molecule is CC/C=C\C/C=C\C/C=C\CCCCCCCC(=O)OC(COC(=O)CCCCCCCCCCCCCCCCCCC)COC1OC(C(=O)O)C(O)C(O)C1OC(=O)CCCCCCC/C=C\C/C=C\C/C=C\CC. The van der Waals surface area contributed by atoms with E-state index in [0.717, 1.165) is 122 Å². The van der Waals surface area contributed by atoms with Gasteiger partial charge < -0.3 is 39.0 Å². The van der Waals surface area contributed by atoms with Crippen LogP contribution in [0.25, 0.3) is 0 Å². The van der Waals surface area contributed by atoms with Gasteiger partial charge in [-0.3, -0.25) is 14.4 Å². The number of aliphatic hydroxyl groups excluding tert-OH is 2. The maximum absolute atomic E-state index is 13.2. The normalized spacial score (nSPS) is 18.5. The Morgan fingerprint density at radius 3 is 1.25 bits per heavy atom. The minimum absolute atomic E-state index is 0.0379. The number of carbonyl (C=O) groups excluding carboxylic acids is 3. The minimum atomic E-state index is -1.91. The lowest BCUT2D eigenvalue weighted by Crippen LogP contribution is -2.61. The lowest BCUT2D eigenvalue weighted by molar-refractivity contribution is -0.301. The van der Waals surface area contributed by atoms with Crippen LogP contribution < -0.4 is 0 Å². The van der Waals surface area contributed by atoms with E-state index in [-0.39, 0.29) is 25.9 Å². The number of esters is 3. The van der Waals surface area contributed by atoms with Crippen molar-refractivity contribution in [3.8, 4) is 0 Å². The van der Waals surface area contributed by atoms with Gasteiger partial charge in [0, 0.05) is 19.3 Å². The van der Waals surface area contributed by atoms with Gasteiger partial charge in [-0.25, -0.2) is 4.79 Å². The van der Waals surface area contributed by atoms with Gasteiger partial charge in [0.1, 0.15) is 18.8 Å². The molecule has 12 heteroatoms. The van der Waals surface area contributed by atoms with Gasteiger partial charge in [0.25, 0.3) is 0 Å². The van der Waals surface area contributed by atoms with Crippen LogP contribution >= 0.6 is 0 Å². The Bertz CT molecular complexity index is 1620. The second kappa shape index (κ2) is 52.8. The van der Waals surface area contributed by atoms with Crippen LogP contribution in [0.1, 0.15) is 265 Å². The second-order valence-corrected chi connectivity index (χ2v) is 20.9. The predicted molar refractivity (Wildman–Crippen MR) is 312 cm³/mol. The molecule has 1 saturated heterocycles. The van der Waals surface area contributed by atoms with Crippen LogP contribution in [0.15, 0.2) is 72.9 Å². The zero-order chi connectivity index (χ0) is 56.1. The van der Waals surface area contributed by atoms with E-state index in [1.807, 2.05) is 0 Å². The third-order valence-electron chi connectivity index (χ3n) is 13.8. The summed E-state index contributed by atoms with van der Waals surface area (Å²) in [6.45, 7) is 5.77. The van der Waals surface area contributed by atoms with Crippen molar-refractivity contribution in [2.24, 2.45) is 0 Å². The molecular formula is C65H110O12. The number of hydrogen-bond donors (Lipinski definition) is 3. The first-order valence-corrected chi connectivity index (χ1v) is 30.9. The Kier molecular flexibility index (Phi) is 48.8. The minimum Gasteiger partial charge on any atom is -0.479 e. The summed E-state index contributed by atoms with van der Waals surface area (Å²) in [5.74, 6) is -3.15. The number of allylic oxidation sites excluding steroid dienone is 12. The predicted octanol–water partition coefficient (Wildman–Crippen LogP) is 16.1. The molecule has 442 valence electrons. The third-order valence-corrected chi connectivity index (χ3v) is 13.8. The zero-order valence-corrected chi connectivity index (χ0v) is 48.7. The topological polar surface area (TPSA) is 175 Å². The van der Waals surface area contributed by atoms with Gasteiger partial charge in [0.15, 0.2) is 24.6 Å². The van der Waals surface area contributed by atoms with Crippen molar-refractivity contribution in [1.29, 1.82) is 0 Å². The second-order valence-electron chi connectivity index (χ2n) is 20.9. The van der Waals surface area contributed by atoms with Crippen LogP contribution in [0.4, 0.5) is 0 Å². The Balaban J connectivity index is 2.69. The number of ether oxygens (including phenoxy) is 5. The molecule has 0 aliphatic carbocycles. The van der Waals surface area contributed by atoms with Crippen LogP contribution in [0, 0.1) is 0 Å². The molecule has 0 aromatic heterocycles. The number of aliphatic hydroxyl groups is 2. The summed E-state index contributed by atoms with van der Waals surface area (Å²) in [4.78, 5) is 51.2. The molecule has 1 rings (SSSR count). The third kappa shape index (κ3) is 42.7. The molecule has 0 saturated carbocycles. The molecule has 1 aliphatic rings. The van der Waals surface area contributed by atoms with Crippen molar-refractivity contribution in [3.63, 3.8) is 0 Å². The van der Waals surface area contributed by atoms with E-state index >= 15 is 0 Å². The summed E-state index contributed by atoms with van der Waals surface area (Å²) in [5, 5.41) is 31.5. The smallest absolute Gasteiger partial charge is 0.335 e. The standard InChI is InChI=1S/C65H110O12/c1-4-7-10-13-16-19-22-25-28-29-32-33-36-39-42-45-48-51-57(66)73-54-56(75-58(67)52-49-46-43-40-37-34-30-26-23-20-17-14-11-8-5-2)55-74-65-63(61(70)60(69)62(77-65)64(71)72)76-59(68)53-50-47-44-41-38-35-31-27-24-21-18-15-12-9-6-3/h8-9,11-12,17-18,20-21,26-27,30-31,56,60-63,65,69-70H,4-7,10,13-16,19,22-25,28-29,32-55H2,1-3H3,(H,71,72)/b11-8-,12-9-,20-17-,21-18-,30-26-,31-27-. The molecule has 0 bridgehead atoms. The molecule has 1 heterocycles. The fraction of sp³-hybridized carbons (Fsp3) is 0.754. The Labute approximate surface area is 468 Å². The maximum atomic E-state index is 13.2. The highest BCUT2D eigenvalue weighted by molar-refractivity contribution is 5.74. The fourth-order valence-corrected chi connectivity index (χ4v) is 9.10. The van der Waals surface area contributed by atoms with Crippen LogP contribution in [-0.4, -0.2) is 89.2 Å². The molecule has 6 unspecified atom stereocenters. The summed E-state index contributed by atoms with van der Waals surface area (Å²) in [6.07, 6.45) is 54.4. The first kappa shape index (κ1) is 71.2. The van der Waals surface area contributed by atoms with Gasteiger partial charge in [-0.1, -0.05) is 235 Å². The highest BCUT2D eigenvalue weighted by Crippen LogP contribution is 2.26. The van der Waals surface area contributed by atoms with E-state index in [0.29, 0.717) is 19.3 Å². The summed E-state index contributed by atoms with van der Waals surface area (Å²) in [5.41, 5.74) is 0. The average Bonchev–Trinajstić information content (AvgIpc) is 3.43. The van der Waals surface area contributed by atoms with Gasteiger partial charge in [0.05, 0.1) is 6.61 Å². The van der Waals surface area contributed by atoms with Crippen molar-refractivity contribution in [2.75, 3.05) is 13.2 Å². The number of unbranched alkanes of at least 4 members (excludes halogenated alkanes) is 26. The van der Waals surface area contributed by atoms with Crippen molar-refractivity contribution in [3.05, 3.63) is 72.9 Å². The van der Waals surface area contributed by atoms with E-state index in [1.165, 1.54) is 83.5 Å². The largest absolute Gasteiger partial charge is 0.479 e. The number of carboxylic acid groups (broad SMARTS) is 1. The van der Waals surface area contributed by atoms with Crippen LogP contribution in [0.5, 0.6) is 0 Å². The first-order chi connectivity index (χ1) is 37.6. The number of rotatable bonds is 52. The highest BCUT2D eigenvalue weighted by atomic mass is 16.7. The van der Waals surface area contributed by atoms with Gasteiger partial charge in [0.2, 0.25) is 0 Å². The number of hydrogen-bond acceptors (Lipinski definition) is 11. The maximum Gasteiger partial charge on any atom is 0.335 e. The monoisotopic (exact) mass is 1080 g/mol. The number of aliphatic carboxylic acids is 1. The Hall–Kier alpha value is -3.84. The Morgan fingerprint density at radius 1 is 0.442 bits per heavy atom. The molecule has 0 radical (unpaired) electrons. The molecule has 12 nitrogen and oxygen atoms in total. The molecule has 6 atom stereocenters. The fourth-order valence-electron chi connectivity index (χ4n) is 9.10. The Morgan fingerprint density at radius 2 is 0.818 bits per heavy atom. The van der Waals surface area contributed by atoms with E-state index in [9.17, 15) is 34.5 Å². The number of carbonyl (C=O) groups is 4. The van der Waals surface area contributed by atoms with Gasteiger partial charge >= 0.3 is 23.9 Å². The van der Waals surface area contributed by atoms with E-state index in [2.05, 4.69) is 93.7 Å². The molecule has 0 amide bonds. The first-order valence-electron chi connectivity index (χ1n) is 30.9. The van der Waals surface area contributed by atoms with Crippen LogP contribution in [-0.2, 0) is 42.9 Å². The lowest BCUT2D eigenvalue weighted by atomic mass is 9.98. The van der Waals surface area contributed by atoms with Gasteiger partial charge in [-0.05, 0) is 83.5 Å². The molecular weight excluding hydrogens is 973 g/mol. The molecule has 1 aliphatic heterocycles. The molecule has 0 aromatic carbocycles. The summed E-state index contributed by atoms with van der Waals surface area (Å²) < 4.78 is 28.5. The van der Waals surface area contributed by atoms with E-state index < -0.39 is 67.3 Å². The number of carboxylic acids is 1. The van der Waals surface area contributed by atoms with Crippen molar-refractivity contribution in [1.82, 2.24) is 0 Å². The average molecular weight is 1080 g/mol. The molecule has 0 spiro atoms. The summed E-state index contributed by atoms with van der Waals surface area (Å²) in [7, 11) is 0. The van der Waals surface area contributed by atoms with E-state index in [4.69, 9.17) is 23.7 Å². The van der Waals surface area contributed by atoms with Gasteiger partial charge in [-0.15, -0.1) is 0 Å². The van der Waals surface area contributed by atoms with Crippen molar-refractivity contribution < 1.29 is 58.2 Å². The van der Waals surface area contributed by atoms with Gasteiger partial charge in [-0.2, -0.15) is 0 Å². The highest BCUT2D eigenvalue weighted by Gasteiger charge is 2.50. The zero-order valence-electron chi connectivity index (χ0n) is 48.7. The molecule has 0 aromatic rings. The summed E-state index contributed by atoms with van der Waals surface area (Å²) in [6, 6.07) is 0. The molecule has 3 N–H and O–H groups in total. The quantitative estimate of drug-likeness (QED) is 0.0228. The molecule has 77 heavy (non-hydrogen) atoms. The van der Waals surface area contributed by atoms with Crippen molar-refractivity contribution in [2.45, 2.75) is 302 Å².